The minimum atomic E-state index is -3.91. The summed E-state index contributed by atoms with van der Waals surface area (Å²) in [6, 6.07) is 2.34. The maximum atomic E-state index is 14.0. The van der Waals surface area contributed by atoms with Gasteiger partial charge in [0.2, 0.25) is 10.0 Å². The van der Waals surface area contributed by atoms with Crippen LogP contribution in [-0.4, -0.2) is 26.0 Å². The molecule has 3 N–H and O–H groups in total. The van der Waals surface area contributed by atoms with Gasteiger partial charge in [0, 0.05) is 17.0 Å². The third-order valence-electron chi connectivity index (χ3n) is 3.59. The van der Waals surface area contributed by atoms with E-state index in [1.807, 2.05) is 6.26 Å². The summed E-state index contributed by atoms with van der Waals surface area (Å²) in [5.41, 5.74) is 5.81. The Bertz CT molecular complexity index is 625. The number of benzene rings is 1. The first-order valence-electron chi connectivity index (χ1n) is 6.63. The van der Waals surface area contributed by atoms with Crippen molar-refractivity contribution in [3.05, 3.63) is 22.4 Å². The van der Waals surface area contributed by atoms with Crippen molar-refractivity contribution >= 4 is 43.4 Å². The number of hydrogen-bond donors (Lipinski definition) is 2. The molecule has 1 aliphatic rings. The van der Waals surface area contributed by atoms with E-state index < -0.39 is 20.7 Å². The van der Waals surface area contributed by atoms with Gasteiger partial charge in [-0.1, -0.05) is 6.42 Å². The highest BCUT2D eigenvalue weighted by Crippen LogP contribution is 2.30. The molecule has 1 aromatic carbocycles. The van der Waals surface area contributed by atoms with Crippen LogP contribution in [0.25, 0.3) is 0 Å². The first kappa shape index (κ1) is 17.1. The number of hydrogen-bond acceptors (Lipinski definition) is 4. The summed E-state index contributed by atoms with van der Waals surface area (Å²) >= 11 is 4.73. The molecule has 2 atom stereocenters. The fraction of sp³-hybridized carbons (Fsp3) is 0.538. The third-order valence-corrected chi connectivity index (χ3v) is 6.78. The summed E-state index contributed by atoms with van der Waals surface area (Å²) in [4.78, 5) is -0.402. The lowest BCUT2D eigenvalue weighted by Crippen LogP contribution is -2.39. The number of halogens is 2. The average Bonchev–Trinajstić information content (AvgIpc) is 2.42. The first-order valence-corrected chi connectivity index (χ1v) is 10.2. The van der Waals surface area contributed by atoms with Crippen LogP contribution in [0.3, 0.4) is 0 Å². The SMILES string of the molecule is CSC1CCCC(NS(=O)(=O)c2cc(N)cc(Br)c2F)C1. The second kappa shape index (κ2) is 6.85. The van der Waals surface area contributed by atoms with Gasteiger partial charge >= 0.3 is 0 Å². The van der Waals surface area contributed by atoms with Gasteiger partial charge in [0.1, 0.15) is 4.90 Å². The number of sulfonamides is 1. The van der Waals surface area contributed by atoms with Gasteiger partial charge in [-0.2, -0.15) is 11.8 Å². The first-order chi connectivity index (χ1) is 9.83. The van der Waals surface area contributed by atoms with Crippen LogP contribution in [0.1, 0.15) is 25.7 Å². The zero-order valence-electron chi connectivity index (χ0n) is 11.6. The summed E-state index contributed by atoms with van der Waals surface area (Å²) < 4.78 is 41.5. The summed E-state index contributed by atoms with van der Waals surface area (Å²) in [6.07, 6.45) is 5.64. The lowest BCUT2D eigenvalue weighted by molar-refractivity contribution is 0.419. The molecule has 0 heterocycles. The van der Waals surface area contributed by atoms with Crippen molar-refractivity contribution in [1.82, 2.24) is 4.72 Å². The summed E-state index contributed by atoms with van der Waals surface area (Å²) in [5.74, 6) is -0.811. The van der Waals surface area contributed by atoms with Crippen LogP contribution in [-0.2, 0) is 10.0 Å². The molecule has 118 valence electrons. The van der Waals surface area contributed by atoms with E-state index in [9.17, 15) is 12.8 Å². The normalized spacial score (nSPS) is 23.2. The predicted octanol–water partition coefficient (Wildman–Crippen LogP) is 3.12. The zero-order chi connectivity index (χ0) is 15.6. The van der Waals surface area contributed by atoms with Crippen LogP contribution in [0.5, 0.6) is 0 Å². The van der Waals surface area contributed by atoms with E-state index in [1.165, 1.54) is 6.07 Å². The molecule has 4 nitrogen and oxygen atoms in total. The Morgan fingerprint density at radius 1 is 1.43 bits per heavy atom. The number of nitrogens with two attached hydrogens (primary N) is 1. The monoisotopic (exact) mass is 396 g/mol. The lowest BCUT2D eigenvalue weighted by Gasteiger charge is -2.28. The fourth-order valence-electron chi connectivity index (χ4n) is 2.53. The van der Waals surface area contributed by atoms with Gasteiger partial charge in [0.25, 0.3) is 0 Å². The third kappa shape index (κ3) is 4.12. The molecule has 0 spiro atoms. The van der Waals surface area contributed by atoms with E-state index in [2.05, 4.69) is 20.7 Å². The second-order valence-corrected chi connectivity index (χ2v) is 8.83. The van der Waals surface area contributed by atoms with Crippen molar-refractivity contribution in [2.75, 3.05) is 12.0 Å². The minimum absolute atomic E-state index is 0.0495. The Morgan fingerprint density at radius 2 is 2.14 bits per heavy atom. The number of anilines is 1. The van der Waals surface area contributed by atoms with Gasteiger partial charge in [-0.05, 0) is 53.6 Å². The molecule has 0 amide bonds. The van der Waals surface area contributed by atoms with E-state index in [1.54, 1.807) is 11.8 Å². The van der Waals surface area contributed by atoms with Gasteiger partial charge in [0.15, 0.2) is 5.82 Å². The number of rotatable bonds is 4. The Hall–Kier alpha value is -0.310. The van der Waals surface area contributed by atoms with E-state index >= 15 is 0 Å². The van der Waals surface area contributed by atoms with Crippen LogP contribution >= 0.6 is 27.7 Å². The van der Waals surface area contributed by atoms with Crippen molar-refractivity contribution < 1.29 is 12.8 Å². The Labute approximate surface area is 137 Å². The zero-order valence-corrected chi connectivity index (χ0v) is 14.8. The Balaban J connectivity index is 2.23. The molecule has 0 bridgehead atoms. The number of thioether (sulfide) groups is 1. The highest BCUT2D eigenvalue weighted by atomic mass is 79.9. The maximum absolute atomic E-state index is 14.0. The average molecular weight is 397 g/mol. The molecule has 0 saturated heterocycles. The van der Waals surface area contributed by atoms with Gasteiger partial charge in [-0.15, -0.1) is 0 Å². The lowest BCUT2D eigenvalue weighted by atomic mass is 9.96. The predicted molar refractivity (Wildman–Crippen MR) is 88.4 cm³/mol. The van der Waals surface area contributed by atoms with Crippen molar-refractivity contribution in [3.63, 3.8) is 0 Å². The quantitative estimate of drug-likeness (QED) is 0.766. The van der Waals surface area contributed by atoms with Crippen molar-refractivity contribution in [2.24, 2.45) is 0 Å². The summed E-state index contributed by atoms with van der Waals surface area (Å²) in [7, 11) is -3.91. The molecular weight excluding hydrogens is 379 g/mol. The van der Waals surface area contributed by atoms with Gasteiger partial charge < -0.3 is 5.73 Å². The van der Waals surface area contributed by atoms with Gasteiger partial charge in [0.05, 0.1) is 4.47 Å². The van der Waals surface area contributed by atoms with Crippen LogP contribution in [0.15, 0.2) is 21.5 Å². The van der Waals surface area contributed by atoms with Crippen LogP contribution in [0.2, 0.25) is 0 Å². The number of nitrogen functional groups attached to an aromatic ring is 1. The maximum Gasteiger partial charge on any atom is 0.243 e. The molecule has 2 rings (SSSR count). The van der Waals surface area contributed by atoms with E-state index in [0.717, 1.165) is 31.7 Å². The van der Waals surface area contributed by atoms with Crippen LogP contribution in [0.4, 0.5) is 10.1 Å². The molecule has 1 saturated carbocycles. The van der Waals surface area contributed by atoms with Crippen LogP contribution < -0.4 is 10.5 Å². The van der Waals surface area contributed by atoms with Gasteiger partial charge in [-0.3, -0.25) is 0 Å². The number of nitrogens with one attached hydrogen (secondary N) is 1. The summed E-state index contributed by atoms with van der Waals surface area (Å²) in [5, 5.41) is 0.448. The highest BCUT2D eigenvalue weighted by molar-refractivity contribution is 9.10. The molecule has 0 aliphatic heterocycles. The second-order valence-electron chi connectivity index (χ2n) is 5.16. The fourth-order valence-corrected chi connectivity index (χ4v) is 5.38. The van der Waals surface area contributed by atoms with E-state index in [-0.39, 0.29) is 16.2 Å². The molecule has 1 fully saturated rings. The van der Waals surface area contributed by atoms with Crippen molar-refractivity contribution in [2.45, 2.75) is 41.9 Å². The largest absolute Gasteiger partial charge is 0.399 e. The molecule has 2 unspecified atom stereocenters. The smallest absolute Gasteiger partial charge is 0.243 e. The molecular formula is C13H18BrFN2O2S2. The molecule has 1 aromatic rings. The molecule has 21 heavy (non-hydrogen) atoms. The Morgan fingerprint density at radius 3 is 2.81 bits per heavy atom. The minimum Gasteiger partial charge on any atom is -0.399 e. The highest BCUT2D eigenvalue weighted by Gasteiger charge is 2.28. The van der Waals surface area contributed by atoms with E-state index in [0.29, 0.717) is 5.25 Å². The molecule has 0 aromatic heterocycles. The van der Waals surface area contributed by atoms with Crippen molar-refractivity contribution in [1.29, 1.82) is 0 Å². The Kier molecular flexibility index (Phi) is 5.56. The standard InChI is InChI=1S/C13H18BrFN2O2S2/c1-20-10-4-2-3-9(7-10)17-21(18,19)12-6-8(16)5-11(14)13(12)15/h5-6,9-10,17H,2-4,7,16H2,1H3. The molecule has 8 heteroatoms. The van der Waals surface area contributed by atoms with E-state index in [4.69, 9.17) is 5.73 Å². The van der Waals surface area contributed by atoms with Crippen LogP contribution in [0, 0.1) is 5.82 Å². The topological polar surface area (TPSA) is 72.2 Å². The van der Waals surface area contributed by atoms with Gasteiger partial charge in [-0.25, -0.2) is 17.5 Å². The van der Waals surface area contributed by atoms with Crippen molar-refractivity contribution in [3.8, 4) is 0 Å². The summed E-state index contributed by atoms with van der Waals surface area (Å²) in [6.45, 7) is 0. The molecule has 1 aliphatic carbocycles. The molecule has 0 radical (unpaired) electrons.